The van der Waals surface area contributed by atoms with E-state index in [1.807, 2.05) is 0 Å². The Morgan fingerprint density at radius 3 is 1.02 bits per heavy atom. The van der Waals surface area contributed by atoms with E-state index < -0.39 is 5.41 Å². The molecule has 2 nitrogen and oxygen atoms in total. The summed E-state index contributed by atoms with van der Waals surface area (Å²) in [5, 5.41) is 2.45. The number of benzene rings is 9. The lowest BCUT2D eigenvalue weighted by Crippen LogP contribution is -2.28. The van der Waals surface area contributed by atoms with Crippen LogP contribution in [0.25, 0.3) is 55.3 Å². The minimum absolute atomic E-state index is 0.448. The first-order valence-electron chi connectivity index (χ1n) is 19.6. The van der Waals surface area contributed by atoms with Gasteiger partial charge in [-0.15, -0.1) is 0 Å². The molecule has 268 valence electrons. The predicted octanol–water partition coefficient (Wildman–Crippen LogP) is 14.8. The fourth-order valence-electron chi connectivity index (χ4n) is 9.14. The Kier molecular flexibility index (Phi) is 7.75. The van der Waals surface area contributed by atoms with Crippen molar-refractivity contribution in [3.63, 3.8) is 0 Å². The maximum Gasteiger partial charge on any atom is 0.135 e. The molecule has 0 saturated carbocycles. The van der Waals surface area contributed by atoms with Crippen molar-refractivity contribution in [1.29, 1.82) is 0 Å². The zero-order valence-electron chi connectivity index (χ0n) is 31.2. The molecule has 1 aliphatic carbocycles. The summed E-state index contributed by atoms with van der Waals surface area (Å²) in [5.41, 5.74) is 17.0. The number of rotatable bonds is 8. The first-order chi connectivity index (χ1) is 28.3. The molecular weight excluding hydrogens is 691 g/mol. The minimum atomic E-state index is -0.448. The van der Waals surface area contributed by atoms with Gasteiger partial charge in [0.05, 0.1) is 5.41 Å². The molecule has 0 aliphatic heterocycles. The number of furan rings is 1. The van der Waals surface area contributed by atoms with Crippen LogP contribution >= 0.6 is 0 Å². The van der Waals surface area contributed by atoms with Gasteiger partial charge in [0.2, 0.25) is 0 Å². The standard InChI is InChI=1S/C55H37NO/c1-4-12-38(13-5-1)41-24-32-46(33-25-41)56(47-34-26-42(27-35-47)39-14-6-2-7-15-39)48-36-28-43(29-37-48)40-22-30-45(31-23-40)55(44-16-8-3-9-17-44)49-18-10-20-51-53(49)54-50(55)19-11-21-52(54)57-51/h1-37H. The topological polar surface area (TPSA) is 16.4 Å². The molecule has 0 saturated heterocycles. The van der Waals surface area contributed by atoms with E-state index in [0.717, 1.165) is 28.2 Å². The fourth-order valence-corrected chi connectivity index (χ4v) is 9.14. The van der Waals surface area contributed by atoms with Crippen molar-refractivity contribution >= 4 is 39.0 Å². The molecule has 0 unspecified atom stereocenters. The first-order valence-corrected chi connectivity index (χ1v) is 19.6. The van der Waals surface area contributed by atoms with Crippen molar-refractivity contribution in [3.05, 3.63) is 247 Å². The highest BCUT2D eigenvalue weighted by molar-refractivity contribution is 6.14. The second-order valence-corrected chi connectivity index (χ2v) is 14.9. The van der Waals surface area contributed by atoms with E-state index in [9.17, 15) is 0 Å². The zero-order chi connectivity index (χ0) is 37.8. The number of hydrogen-bond donors (Lipinski definition) is 0. The number of hydrogen-bond acceptors (Lipinski definition) is 2. The number of nitrogens with zero attached hydrogens (tertiary/aromatic N) is 1. The van der Waals surface area contributed by atoms with Gasteiger partial charge in [0.1, 0.15) is 11.2 Å². The van der Waals surface area contributed by atoms with E-state index >= 15 is 0 Å². The fraction of sp³-hybridized carbons (Fsp3) is 0.0182. The van der Waals surface area contributed by atoms with E-state index in [2.05, 4.69) is 229 Å². The van der Waals surface area contributed by atoms with Gasteiger partial charge in [-0.05, 0) is 104 Å². The molecule has 0 spiro atoms. The van der Waals surface area contributed by atoms with E-state index in [-0.39, 0.29) is 0 Å². The molecule has 10 aromatic rings. The van der Waals surface area contributed by atoms with Gasteiger partial charge < -0.3 is 9.32 Å². The van der Waals surface area contributed by atoms with Gasteiger partial charge in [-0.25, -0.2) is 0 Å². The summed E-state index contributed by atoms with van der Waals surface area (Å²) < 4.78 is 6.34. The Balaban J connectivity index is 0.965. The van der Waals surface area contributed by atoms with Gasteiger partial charge in [0.15, 0.2) is 0 Å². The average Bonchev–Trinajstić information content (AvgIpc) is 3.84. The molecule has 2 heteroatoms. The largest absolute Gasteiger partial charge is 0.456 e. The molecule has 0 atom stereocenters. The lowest BCUT2D eigenvalue weighted by atomic mass is 9.67. The third kappa shape index (κ3) is 5.33. The highest BCUT2D eigenvalue weighted by atomic mass is 16.3. The molecule has 57 heavy (non-hydrogen) atoms. The van der Waals surface area contributed by atoms with Gasteiger partial charge in [0, 0.05) is 27.8 Å². The van der Waals surface area contributed by atoms with Gasteiger partial charge in [0.25, 0.3) is 0 Å². The van der Waals surface area contributed by atoms with Crippen LogP contribution in [0.15, 0.2) is 229 Å². The molecule has 1 heterocycles. The Bertz CT molecular complexity index is 2860. The second-order valence-electron chi connectivity index (χ2n) is 14.9. The van der Waals surface area contributed by atoms with E-state index in [0.29, 0.717) is 0 Å². The van der Waals surface area contributed by atoms with Crippen molar-refractivity contribution in [2.75, 3.05) is 4.90 Å². The van der Waals surface area contributed by atoms with Crippen LogP contribution in [0.2, 0.25) is 0 Å². The Labute approximate surface area is 332 Å². The summed E-state index contributed by atoms with van der Waals surface area (Å²) in [5.74, 6) is 0. The van der Waals surface area contributed by atoms with Gasteiger partial charge >= 0.3 is 0 Å². The quantitative estimate of drug-likeness (QED) is 0.155. The summed E-state index contributed by atoms with van der Waals surface area (Å²) in [6, 6.07) is 81.0. The molecule has 1 aromatic heterocycles. The average molecular weight is 728 g/mol. The van der Waals surface area contributed by atoms with Crippen LogP contribution in [-0.4, -0.2) is 0 Å². The van der Waals surface area contributed by atoms with Crippen LogP contribution in [0.4, 0.5) is 17.1 Å². The Morgan fingerprint density at radius 1 is 0.281 bits per heavy atom. The minimum Gasteiger partial charge on any atom is -0.456 e. The third-order valence-electron chi connectivity index (χ3n) is 11.8. The molecule has 11 rings (SSSR count). The summed E-state index contributed by atoms with van der Waals surface area (Å²) in [6.45, 7) is 0. The van der Waals surface area contributed by atoms with Crippen LogP contribution in [0, 0.1) is 0 Å². The molecule has 0 bridgehead atoms. The van der Waals surface area contributed by atoms with Crippen LogP contribution < -0.4 is 4.90 Å². The van der Waals surface area contributed by atoms with Gasteiger partial charge in [-0.2, -0.15) is 0 Å². The lowest BCUT2D eigenvalue weighted by Gasteiger charge is -2.34. The Morgan fingerprint density at radius 2 is 0.614 bits per heavy atom. The highest BCUT2D eigenvalue weighted by Crippen LogP contribution is 2.56. The van der Waals surface area contributed by atoms with E-state index in [1.54, 1.807) is 0 Å². The molecule has 0 radical (unpaired) electrons. The molecule has 0 N–H and O–H groups in total. The number of anilines is 3. The Hall–Kier alpha value is -7.42. The van der Waals surface area contributed by atoms with Gasteiger partial charge in [-0.3, -0.25) is 0 Å². The molecule has 0 fully saturated rings. The monoisotopic (exact) mass is 727 g/mol. The van der Waals surface area contributed by atoms with Crippen LogP contribution in [-0.2, 0) is 5.41 Å². The SMILES string of the molecule is c1ccc(-c2ccc(N(c3ccc(-c4ccccc4)cc3)c3ccc(-c4ccc(C5(c6ccccc6)c6cccc7oc8cccc5c8c67)cc4)cc3)cc2)cc1. The van der Waals surface area contributed by atoms with Crippen LogP contribution in [0.5, 0.6) is 0 Å². The van der Waals surface area contributed by atoms with Crippen LogP contribution in [0.1, 0.15) is 22.3 Å². The summed E-state index contributed by atoms with van der Waals surface area (Å²) in [4.78, 5) is 2.34. The van der Waals surface area contributed by atoms with Crippen molar-refractivity contribution < 1.29 is 4.42 Å². The first kappa shape index (κ1) is 33.0. The zero-order valence-corrected chi connectivity index (χ0v) is 31.2. The maximum atomic E-state index is 6.34. The lowest BCUT2D eigenvalue weighted by molar-refractivity contribution is 0.663. The maximum absolute atomic E-state index is 6.34. The van der Waals surface area contributed by atoms with Gasteiger partial charge in [-0.1, -0.05) is 176 Å². The van der Waals surface area contributed by atoms with Crippen molar-refractivity contribution in [1.82, 2.24) is 0 Å². The highest BCUT2D eigenvalue weighted by Gasteiger charge is 2.46. The molecular formula is C55H37NO. The molecule has 1 aliphatic rings. The molecule has 9 aromatic carbocycles. The molecule has 0 amide bonds. The van der Waals surface area contributed by atoms with Crippen molar-refractivity contribution in [2.45, 2.75) is 5.41 Å². The smallest absolute Gasteiger partial charge is 0.135 e. The van der Waals surface area contributed by atoms with E-state index in [1.165, 1.54) is 66.4 Å². The van der Waals surface area contributed by atoms with Crippen LogP contribution in [0.3, 0.4) is 0 Å². The summed E-state index contributed by atoms with van der Waals surface area (Å²) >= 11 is 0. The predicted molar refractivity (Wildman–Crippen MR) is 237 cm³/mol. The van der Waals surface area contributed by atoms with Crippen molar-refractivity contribution in [3.8, 4) is 33.4 Å². The third-order valence-corrected chi connectivity index (χ3v) is 11.8. The second kappa shape index (κ2) is 13.4. The normalized spacial score (nSPS) is 12.7. The van der Waals surface area contributed by atoms with E-state index in [4.69, 9.17) is 4.42 Å². The summed E-state index contributed by atoms with van der Waals surface area (Å²) in [6.07, 6.45) is 0. The van der Waals surface area contributed by atoms with Crippen molar-refractivity contribution in [2.24, 2.45) is 0 Å². The summed E-state index contributed by atoms with van der Waals surface area (Å²) in [7, 11) is 0.